The van der Waals surface area contributed by atoms with E-state index in [4.69, 9.17) is 0 Å². The third kappa shape index (κ3) is 3.97. The molecule has 1 N–H and O–H groups in total. The van der Waals surface area contributed by atoms with Gasteiger partial charge in [-0.05, 0) is 32.8 Å². The first-order valence-corrected chi connectivity index (χ1v) is 12.1. The number of H-pyrrole nitrogens is 1. The summed E-state index contributed by atoms with van der Waals surface area (Å²) in [6, 6.07) is 3.69. The Morgan fingerprint density at radius 2 is 1.60 bits per heavy atom. The molecular formula is C17H23N5O6S2. The van der Waals surface area contributed by atoms with E-state index >= 15 is 0 Å². The normalized spacial score (nSPS) is 17.0. The fourth-order valence-electron chi connectivity index (χ4n) is 3.52. The van der Waals surface area contributed by atoms with Gasteiger partial charge in [0, 0.05) is 38.3 Å². The summed E-state index contributed by atoms with van der Waals surface area (Å²) in [5.41, 5.74) is 0.852. The number of nitro groups is 1. The van der Waals surface area contributed by atoms with E-state index < -0.39 is 25.0 Å². The highest BCUT2D eigenvalue weighted by Gasteiger charge is 2.34. The van der Waals surface area contributed by atoms with Crippen LogP contribution in [0, 0.1) is 30.9 Å². The summed E-state index contributed by atoms with van der Waals surface area (Å²) >= 11 is 0. The van der Waals surface area contributed by atoms with Crippen LogP contribution in [0.5, 0.6) is 0 Å². The number of hydrogen-bond acceptors (Lipinski definition) is 7. The first-order chi connectivity index (χ1) is 14.0. The molecule has 11 nitrogen and oxygen atoms in total. The summed E-state index contributed by atoms with van der Waals surface area (Å²) in [5, 5.41) is 17.6. The molecule has 0 amide bonds. The smallest absolute Gasteiger partial charge is 0.270 e. The molecule has 0 spiro atoms. The molecule has 0 unspecified atom stereocenters. The largest absolute Gasteiger partial charge is 0.281 e. The molecule has 2 heterocycles. The number of aryl methyl sites for hydroxylation is 3. The van der Waals surface area contributed by atoms with Gasteiger partial charge in [0.25, 0.3) is 5.69 Å². The van der Waals surface area contributed by atoms with Crippen LogP contribution in [0.4, 0.5) is 5.69 Å². The van der Waals surface area contributed by atoms with Gasteiger partial charge in [-0.1, -0.05) is 6.07 Å². The van der Waals surface area contributed by atoms with Crippen LogP contribution in [0.2, 0.25) is 0 Å². The fourth-order valence-corrected chi connectivity index (χ4v) is 7.04. The van der Waals surface area contributed by atoms with E-state index in [9.17, 15) is 26.9 Å². The fraction of sp³-hybridized carbons (Fsp3) is 0.471. The number of nitrogens with one attached hydrogen (secondary N) is 1. The van der Waals surface area contributed by atoms with Gasteiger partial charge in [-0.25, -0.2) is 16.8 Å². The molecule has 1 saturated heterocycles. The molecule has 0 saturated carbocycles. The third-order valence-corrected chi connectivity index (χ3v) is 9.28. The van der Waals surface area contributed by atoms with Crippen molar-refractivity contribution in [2.24, 2.45) is 0 Å². The second-order valence-electron chi connectivity index (χ2n) is 7.13. The van der Waals surface area contributed by atoms with Gasteiger partial charge in [-0.3, -0.25) is 15.2 Å². The van der Waals surface area contributed by atoms with Crippen LogP contribution in [0.25, 0.3) is 0 Å². The molecule has 1 aromatic heterocycles. The number of non-ortho nitro benzene ring substituents is 1. The van der Waals surface area contributed by atoms with Gasteiger partial charge in [0.1, 0.15) is 4.90 Å². The van der Waals surface area contributed by atoms with Crippen molar-refractivity contribution in [1.29, 1.82) is 0 Å². The Morgan fingerprint density at radius 3 is 2.13 bits per heavy atom. The molecule has 1 aliphatic rings. The van der Waals surface area contributed by atoms with Crippen LogP contribution >= 0.6 is 0 Å². The molecular weight excluding hydrogens is 434 g/mol. The van der Waals surface area contributed by atoms with E-state index in [2.05, 4.69) is 10.2 Å². The van der Waals surface area contributed by atoms with Gasteiger partial charge in [0.2, 0.25) is 20.0 Å². The topological polar surface area (TPSA) is 147 Å². The summed E-state index contributed by atoms with van der Waals surface area (Å²) in [6.07, 6.45) is 0.294. The molecule has 2 aromatic rings. The molecule has 0 bridgehead atoms. The van der Waals surface area contributed by atoms with Crippen molar-refractivity contribution >= 4 is 25.7 Å². The van der Waals surface area contributed by atoms with Gasteiger partial charge in [-0.2, -0.15) is 13.7 Å². The van der Waals surface area contributed by atoms with E-state index in [0.717, 1.165) is 6.07 Å². The van der Waals surface area contributed by atoms with Crippen molar-refractivity contribution in [3.63, 3.8) is 0 Å². The van der Waals surface area contributed by atoms with Crippen LogP contribution < -0.4 is 0 Å². The average molecular weight is 458 g/mol. The first kappa shape index (κ1) is 22.3. The van der Waals surface area contributed by atoms with Crippen LogP contribution in [0.15, 0.2) is 28.0 Å². The lowest BCUT2D eigenvalue weighted by Gasteiger charge is -2.22. The Balaban J connectivity index is 1.88. The number of sulfonamides is 2. The van der Waals surface area contributed by atoms with Crippen LogP contribution in [-0.2, 0) is 20.0 Å². The lowest BCUT2D eigenvalue weighted by atomic mass is 10.2. The van der Waals surface area contributed by atoms with Crippen molar-refractivity contribution < 1.29 is 21.8 Å². The molecule has 1 fully saturated rings. The summed E-state index contributed by atoms with van der Waals surface area (Å²) in [4.78, 5) is 10.4. The Bertz CT molecular complexity index is 1170. The highest BCUT2D eigenvalue weighted by molar-refractivity contribution is 7.89. The number of rotatable bonds is 5. The van der Waals surface area contributed by atoms with Gasteiger partial charge < -0.3 is 0 Å². The predicted octanol–water partition coefficient (Wildman–Crippen LogP) is 1.33. The summed E-state index contributed by atoms with van der Waals surface area (Å²) in [6.45, 7) is 4.96. The van der Waals surface area contributed by atoms with Crippen molar-refractivity contribution in [2.45, 2.75) is 37.0 Å². The Morgan fingerprint density at radius 1 is 1.00 bits per heavy atom. The average Bonchev–Trinajstić information content (AvgIpc) is 2.86. The third-order valence-electron chi connectivity index (χ3n) is 5.07. The second kappa shape index (κ2) is 8.06. The summed E-state index contributed by atoms with van der Waals surface area (Å²) < 4.78 is 54.9. The minimum Gasteiger partial charge on any atom is -0.281 e. The molecule has 30 heavy (non-hydrogen) atoms. The van der Waals surface area contributed by atoms with Crippen LogP contribution in [-0.4, -0.2) is 66.7 Å². The standard InChI is InChI=1S/C17H23N5O6S2/c1-12-5-6-15(22(23)24)11-16(12)29(25,26)20-7-4-8-21(10-9-20)30(27,28)17-13(2)18-19-14(17)3/h5-6,11H,4,7-10H2,1-3H3,(H,18,19). The lowest BCUT2D eigenvalue weighted by Crippen LogP contribution is -2.37. The Kier molecular flexibility index (Phi) is 6.00. The molecule has 0 aliphatic carbocycles. The highest BCUT2D eigenvalue weighted by Crippen LogP contribution is 2.27. The minimum atomic E-state index is -4.02. The van der Waals surface area contributed by atoms with Gasteiger partial charge >= 0.3 is 0 Å². The van der Waals surface area contributed by atoms with Gasteiger partial charge in [0.05, 0.1) is 21.2 Å². The molecule has 3 rings (SSSR count). The maximum atomic E-state index is 13.1. The molecule has 13 heteroatoms. The van der Waals surface area contributed by atoms with E-state index in [-0.39, 0.29) is 41.7 Å². The monoisotopic (exact) mass is 457 g/mol. The Hall–Kier alpha value is -2.35. The summed E-state index contributed by atoms with van der Waals surface area (Å²) in [5.74, 6) is 0. The van der Waals surface area contributed by atoms with Crippen molar-refractivity contribution in [3.05, 3.63) is 45.3 Å². The minimum absolute atomic E-state index is 0.0282. The zero-order valence-corrected chi connectivity index (χ0v) is 18.5. The number of hydrogen-bond donors (Lipinski definition) is 1. The second-order valence-corrected chi connectivity index (χ2v) is 10.9. The van der Waals surface area contributed by atoms with Crippen molar-refractivity contribution in [3.8, 4) is 0 Å². The number of aromatic amines is 1. The first-order valence-electron chi connectivity index (χ1n) is 9.23. The lowest BCUT2D eigenvalue weighted by molar-refractivity contribution is -0.385. The zero-order chi connectivity index (χ0) is 22.3. The molecule has 1 aromatic carbocycles. The van der Waals surface area contributed by atoms with E-state index in [1.54, 1.807) is 20.8 Å². The van der Waals surface area contributed by atoms with Crippen LogP contribution in [0.1, 0.15) is 23.4 Å². The molecule has 1 aliphatic heterocycles. The van der Waals surface area contributed by atoms with Crippen LogP contribution in [0.3, 0.4) is 0 Å². The van der Waals surface area contributed by atoms with Gasteiger partial charge in [-0.15, -0.1) is 0 Å². The number of aromatic nitrogens is 2. The number of nitro benzene ring substituents is 1. The number of nitrogens with zero attached hydrogens (tertiary/aromatic N) is 4. The molecule has 0 atom stereocenters. The molecule has 164 valence electrons. The summed E-state index contributed by atoms with van der Waals surface area (Å²) in [7, 11) is -7.86. The van der Waals surface area contributed by atoms with E-state index in [0.29, 0.717) is 23.4 Å². The SMILES string of the molecule is Cc1ccc([N+](=O)[O-])cc1S(=O)(=O)N1CCCN(S(=O)(=O)c2c(C)n[nH]c2C)CC1. The number of benzene rings is 1. The van der Waals surface area contributed by atoms with Gasteiger partial charge in [0.15, 0.2) is 0 Å². The van der Waals surface area contributed by atoms with E-state index in [1.807, 2.05) is 0 Å². The Labute approximate surface area is 174 Å². The highest BCUT2D eigenvalue weighted by atomic mass is 32.2. The molecule has 0 radical (unpaired) electrons. The predicted molar refractivity (Wildman–Crippen MR) is 108 cm³/mol. The maximum Gasteiger partial charge on any atom is 0.270 e. The maximum absolute atomic E-state index is 13.1. The zero-order valence-electron chi connectivity index (χ0n) is 16.8. The quantitative estimate of drug-likeness (QED) is 0.526. The van der Waals surface area contributed by atoms with Crippen molar-refractivity contribution in [1.82, 2.24) is 18.8 Å². The van der Waals surface area contributed by atoms with E-state index in [1.165, 1.54) is 20.7 Å². The van der Waals surface area contributed by atoms with Crippen molar-refractivity contribution in [2.75, 3.05) is 26.2 Å².